The summed E-state index contributed by atoms with van der Waals surface area (Å²) in [6, 6.07) is 3.92. The van der Waals surface area contributed by atoms with Crippen LogP contribution in [0.1, 0.15) is 24.2 Å². The molecule has 0 heterocycles. The van der Waals surface area contributed by atoms with E-state index in [-0.39, 0.29) is 55.9 Å². The predicted molar refractivity (Wildman–Crippen MR) is 121 cm³/mol. The molecule has 0 radical (unpaired) electrons. The first-order valence-electron chi connectivity index (χ1n) is 10.2. The van der Waals surface area contributed by atoms with Gasteiger partial charge in [0.05, 0.1) is 37.5 Å². The highest BCUT2D eigenvalue weighted by Crippen LogP contribution is 2.19. The van der Waals surface area contributed by atoms with Crippen molar-refractivity contribution >= 4 is 41.1 Å². The number of para-hydroxylation sites is 1. The smallest absolute Gasteiger partial charge is 0.342 e. The zero-order chi connectivity index (χ0) is 25.5. The Labute approximate surface area is 201 Å². The Morgan fingerprint density at radius 2 is 1.56 bits per heavy atom. The van der Waals surface area contributed by atoms with E-state index < -0.39 is 36.0 Å². The second-order valence-electron chi connectivity index (χ2n) is 6.69. The maximum Gasteiger partial charge on any atom is 0.342 e. The Kier molecular flexibility index (Phi) is 13.3. The molecule has 0 fully saturated rings. The average molecular weight is 501 g/mol. The first kappa shape index (κ1) is 28.9. The van der Waals surface area contributed by atoms with Gasteiger partial charge in [-0.05, 0) is 19.1 Å². The molecule has 0 aliphatic rings. The van der Waals surface area contributed by atoms with Gasteiger partial charge >= 0.3 is 23.9 Å². The third-order valence-electron chi connectivity index (χ3n) is 3.85. The molecule has 0 saturated heterocycles. The summed E-state index contributed by atoms with van der Waals surface area (Å²) in [5, 5.41) is 11.4. The van der Waals surface area contributed by atoms with Crippen LogP contribution in [-0.4, -0.2) is 85.7 Å². The molecule has 34 heavy (non-hydrogen) atoms. The van der Waals surface area contributed by atoms with Crippen molar-refractivity contribution in [3.8, 4) is 5.75 Å². The third kappa shape index (κ3) is 11.1. The SMILES string of the molecule is CC(=O)Oc1ccccc1C(=O)OCCOCCOCCOC(=O)[C@H](NC(=S)[C@H](C)N)C(=O)O. The monoisotopic (exact) mass is 500 g/mol. The third-order valence-corrected chi connectivity index (χ3v) is 4.34. The minimum atomic E-state index is -1.66. The van der Waals surface area contributed by atoms with Crippen molar-refractivity contribution in [2.24, 2.45) is 5.73 Å². The molecular weight excluding hydrogens is 472 g/mol. The number of hydrogen-bond donors (Lipinski definition) is 3. The van der Waals surface area contributed by atoms with Gasteiger partial charge in [-0.25, -0.2) is 14.4 Å². The fourth-order valence-electron chi connectivity index (χ4n) is 2.25. The second kappa shape index (κ2) is 15.7. The lowest BCUT2D eigenvalue weighted by molar-refractivity contribution is -0.155. The maximum absolute atomic E-state index is 12.1. The quantitative estimate of drug-likeness (QED) is 0.0971. The van der Waals surface area contributed by atoms with E-state index >= 15 is 0 Å². The number of hydrogen-bond acceptors (Lipinski definition) is 11. The number of rotatable bonds is 15. The molecule has 188 valence electrons. The molecule has 0 amide bonds. The van der Waals surface area contributed by atoms with E-state index in [1.54, 1.807) is 19.1 Å². The molecule has 4 N–H and O–H groups in total. The topological polar surface area (TPSA) is 173 Å². The number of thiocarbonyl (C=S) groups is 1. The standard InChI is InChI=1S/C21H28N2O10S/c1-13(22)18(34)23-17(19(25)26)21(28)32-12-10-30-8-7-29-9-11-31-20(27)15-5-3-4-6-16(15)33-14(2)24/h3-6,13,17H,7-12,22H2,1-2H3,(H,23,34)(H,25,26)/t13-,17+/m0/s1. The van der Waals surface area contributed by atoms with Gasteiger partial charge in [-0.1, -0.05) is 24.4 Å². The van der Waals surface area contributed by atoms with Gasteiger partial charge in [-0.3, -0.25) is 4.79 Å². The van der Waals surface area contributed by atoms with Crippen LogP contribution in [0.4, 0.5) is 0 Å². The number of ether oxygens (including phenoxy) is 5. The number of carbonyl (C=O) groups excluding carboxylic acids is 3. The fourth-order valence-corrected chi connectivity index (χ4v) is 2.37. The highest BCUT2D eigenvalue weighted by Gasteiger charge is 2.29. The summed E-state index contributed by atoms with van der Waals surface area (Å²) in [4.78, 5) is 46.3. The number of esters is 3. The van der Waals surface area contributed by atoms with Crippen LogP contribution in [0.3, 0.4) is 0 Å². The number of carbonyl (C=O) groups is 4. The van der Waals surface area contributed by atoms with Crippen LogP contribution in [0.2, 0.25) is 0 Å². The van der Waals surface area contributed by atoms with Crippen LogP contribution in [-0.2, 0) is 33.3 Å². The van der Waals surface area contributed by atoms with Crippen molar-refractivity contribution in [1.82, 2.24) is 5.32 Å². The molecule has 0 unspecified atom stereocenters. The Morgan fingerprint density at radius 3 is 2.12 bits per heavy atom. The Balaban J connectivity index is 2.17. The van der Waals surface area contributed by atoms with Gasteiger partial charge in [0.15, 0.2) is 0 Å². The lowest BCUT2D eigenvalue weighted by Gasteiger charge is -2.17. The van der Waals surface area contributed by atoms with Gasteiger partial charge in [0.25, 0.3) is 0 Å². The number of carboxylic acid groups (broad SMARTS) is 1. The van der Waals surface area contributed by atoms with Crippen LogP contribution in [0.25, 0.3) is 0 Å². The molecule has 1 rings (SSSR count). The van der Waals surface area contributed by atoms with E-state index in [4.69, 9.17) is 46.7 Å². The Bertz CT molecular complexity index is 862. The highest BCUT2D eigenvalue weighted by molar-refractivity contribution is 7.80. The molecule has 2 atom stereocenters. The summed E-state index contributed by atoms with van der Waals surface area (Å²) < 4.78 is 25.4. The summed E-state index contributed by atoms with van der Waals surface area (Å²) in [5.41, 5.74) is 5.65. The number of aliphatic carboxylic acids is 1. The number of benzene rings is 1. The van der Waals surface area contributed by atoms with Crippen molar-refractivity contribution < 1.29 is 48.0 Å². The average Bonchev–Trinajstić information content (AvgIpc) is 2.77. The van der Waals surface area contributed by atoms with E-state index in [1.807, 2.05) is 0 Å². The van der Waals surface area contributed by atoms with Crippen LogP contribution in [0.15, 0.2) is 24.3 Å². The molecule has 0 aliphatic carbocycles. The normalized spacial score (nSPS) is 12.2. The van der Waals surface area contributed by atoms with Crippen molar-refractivity contribution in [3.63, 3.8) is 0 Å². The minimum absolute atomic E-state index is 0.0150. The lowest BCUT2D eigenvalue weighted by atomic mass is 10.2. The van der Waals surface area contributed by atoms with E-state index in [2.05, 4.69) is 5.32 Å². The van der Waals surface area contributed by atoms with Crippen molar-refractivity contribution in [2.75, 3.05) is 39.6 Å². The van der Waals surface area contributed by atoms with Crippen LogP contribution in [0, 0.1) is 0 Å². The van der Waals surface area contributed by atoms with E-state index in [9.17, 15) is 19.2 Å². The summed E-state index contributed by atoms with van der Waals surface area (Å²) in [5.74, 6) is -3.57. The summed E-state index contributed by atoms with van der Waals surface area (Å²) in [6.07, 6.45) is 0. The number of carboxylic acids is 1. The minimum Gasteiger partial charge on any atom is -0.479 e. The van der Waals surface area contributed by atoms with Crippen LogP contribution < -0.4 is 15.8 Å². The zero-order valence-electron chi connectivity index (χ0n) is 18.8. The zero-order valence-corrected chi connectivity index (χ0v) is 19.6. The molecule has 0 spiro atoms. The fraction of sp³-hybridized carbons (Fsp3) is 0.476. The van der Waals surface area contributed by atoms with Gasteiger partial charge < -0.3 is 39.8 Å². The molecule has 0 saturated carbocycles. The van der Waals surface area contributed by atoms with Crippen molar-refractivity contribution in [3.05, 3.63) is 29.8 Å². The van der Waals surface area contributed by atoms with Gasteiger partial charge in [0, 0.05) is 6.92 Å². The molecular formula is C21H28N2O10S. The first-order chi connectivity index (χ1) is 16.1. The predicted octanol–water partition coefficient (Wildman–Crippen LogP) is 0.0625. The largest absolute Gasteiger partial charge is 0.479 e. The number of nitrogens with two attached hydrogens (primary N) is 1. The van der Waals surface area contributed by atoms with Crippen LogP contribution in [0.5, 0.6) is 5.75 Å². The van der Waals surface area contributed by atoms with Crippen LogP contribution >= 0.6 is 12.2 Å². The van der Waals surface area contributed by atoms with E-state index in [0.29, 0.717) is 0 Å². The summed E-state index contributed by atoms with van der Waals surface area (Å²) in [6.45, 7) is 3.03. The molecule has 0 bridgehead atoms. The first-order valence-corrected chi connectivity index (χ1v) is 10.6. The molecule has 13 heteroatoms. The molecule has 1 aromatic carbocycles. The Hall–Kier alpha value is -3.13. The lowest BCUT2D eigenvalue weighted by Crippen LogP contribution is -2.51. The van der Waals surface area contributed by atoms with Gasteiger partial charge in [-0.2, -0.15) is 0 Å². The maximum atomic E-state index is 12.1. The summed E-state index contributed by atoms with van der Waals surface area (Å²) >= 11 is 4.87. The molecule has 0 aliphatic heterocycles. The van der Waals surface area contributed by atoms with E-state index in [1.165, 1.54) is 19.1 Å². The van der Waals surface area contributed by atoms with Gasteiger partial charge in [0.2, 0.25) is 6.04 Å². The van der Waals surface area contributed by atoms with Gasteiger partial charge in [0.1, 0.15) is 24.5 Å². The number of nitrogens with one attached hydrogen (secondary N) is 1. The van der Waals surface area contributed by atoms with Gasteiger partial charge in [-0.15, -0.1) is 0 Å². The molecule has 1 aromatic rings. The molecule has 0 aromatic heterocycles. The van der Waals surface area contributed by atoms with Crippen molar-refractivity contribution in [1.29, 1.82) is 0 Å². The summed E-state index contributed by atoms with van der Waals surface area (Å²) in [7, 11) is 0. The Morgan fingerprint density at radius 1 is 1.00 bits per heavy atom. The van der Waals surface area contributed by atoms with E-state index in [0.717, 1.165) is 0 Å². The second-order valence-corrected chi connectivity index (χ2v) is 7.13. The van der Waals surface area contributed by atoms with Crippen molar-refractivity contribution in [2.45, 2.75) is 25.9 Å². The highest BCUT2D eigenvalue weighted by atomic mass is 32.1. The molecule has 12 nitrogen and oxygen atoms in total.